The first kappa shape index (κ1) is 9.09. The highest BCUT2D eigenvalue weighted by Crippen LogP contribution is 2.20. The van der Waals surface area contributed by atoms with Crippen molar-refractivity contribution in [2.24, 2.45) is 0 Å². The average molecular weight is 209 g/mol. The lowest BCUT2D eigenvalue weighted by Crippen LogP contribution is -1.90. The standard InChI is InChI=1S/C13H11N3/c1-10-9-16-8-7-14-12(13(16)15-10)11-5-3-2-4-6-11/h2-9H,1H3. The summed E-state index contributed by atoms with van der Waals surface area (Å²) in [5, 5.41) is 0. The first-order valence-corrected chi connectivity index (χ1v) is 5.20. The lowest BCUT2D eigenvalue weighted by atomic mass is 10.1. The number of nitrogens with zero attached hydrogens (tertiary/aromatic N) is 3. The van der Waals surface area contributed by atoms with Crippen LogP contribution in [0.15, 0.2) is 48.9 Å². The van der Waals surface area contributed by atoms with Crippen molar-refractivity contribution < 1.29 is 0 Å². The molecule has 0 unspecified atom stereocenters. The van der Waals surface area contributed by atoms with Crippen LogP contribution in [0.5, 0.6) is 0 Å². The molecule has 0 aliphatic heterocycles. The summed E-state index contributed by atoms with van der Waals surface area (Å²) in [6, 6.07) is 10.1. The smallest absolute Gasteiger partial charge is 0.163 e. The molecule has 0 saturated heterocycles. The zero-order chi connectivity index (χ0) is 11.0. The highest BCUT2D eigenvalue weighted by atomic mass is 15.0. The molecule has 3 aromatic rings. The van der Waals surface area contributed by atoms with E-state index in [4.69, 9.17) is 0 Å². The Kier molecular flexibility index (Phi) is 1.96. The van der Waals surface area contributed by atoms with Gasteiger partial charge >= 0.3 is 0 Å². The first-order valence-electron chi connectivity index (χ1n) is 5.20. The molecule has 0 aliphatic rings. The monoisotopic (exact) mass is 209 g/mol. The Morgan fingerprint density at radius 1 is 1.12 bits per heavy atom. The van der Waals surface area contributed by atoms with Crippen LogP contribution in [0.25, 0.3) is 16.9 Å². The van der Waals surface area contributed by atoms with Gasteiger partial charge in [-0.25, -0.2) is 4.98 Å². The van der Waals surface area contributed by atoms with E-state index >= 15 is 0 Å². The molecule has 0 spiro atoms. The largest absolute Gasteiger partial charge is 0.303 e. The summed E-state index contributed by atoms with van der Waals surface area (Å²) in [5.74, 6) is 0. The zero-order valence-corrected chi connectivity index (χ0v) is 8.96. The number of aryl methyl sites for hydroxylation is 1. The molecule has 3 rings (SSSR count). The molecule has 0 saturated carbocycles. The fraction of sp³-hybridized carbons (Fsp3) is 0.0769. The Bertz CT molecular complexity index is 626. The average Bonchev–Trinajstić information content (AvgIpc) is 2.70. The van der Waals surface area contributed by atoms with Gasteiger partial charge in [-0.1, -0.05) is 30.3 Å². The van der Waals surface area contributed by atoms with Gasteiger partial charge in [-0.05, 0) is 6.92 Å². The Labute approximate surface area is 93.4 Å². The van der Waals surface area contributed by atoms with Crippen LogP contribution >= 0.6 is 0 Å². The van der Waals surface area contributed by atoms with Crippen molar-refractivity contribution in [3.8, 4) is 11.3 Å². The second kappa shape index (κ2) is 3.45. The van der Waals surface area contributed by atoms with E-state index in [9.17, 15) is 0 Å². The molecule has 0 bridgehead atoms. The molecule has 78 valence electrons. The summed E-state index contributed by atoms with van der Waals surface area (Å²) in [6.07, 6.45) is 5.72. The van der Waals surface area contributed by atoms with E-state index in [0.717, 1.165) is 22.6 Å². The topological polar surface area (TPSA) is 30.2 Å². The van der Waals surface area contributed by atoms with Gasteiger partial charge in [0.1, 0.15) is 5.69 Å². The lowest BCUT2D eigenvalue weighted by molar-refractivity contribution is 1.13. The van der Waals surface area contributed by atoms with Crippen LogP contribution in [-0.4, -0.2) is 14.4 Å². The summed E-state index contributed by atoms with van der Waals surface area (Å²) < 4.78 is 2.00. The van der Waals surface area contributed by atoms with Gasteiger partial charge in [0.2, 0.25) is 0 Å². The Balaban J connectivity index is 2.31. The van der Waals surface area contributed by atoms with E-state index in [1.165, 1.54) is 0 Å². The molecule has 16 heavy (non-hydrogen) atoms. The van der Waals surface area contributed by atoms with Gasteiger partial charge in [0.05, 0.1) is 5.69 Å². The third kappa shape index (κ3) is 1.37. The van der Waals surface area contributed by atoms with Crippen molar-refractivity contribution in [2.75, 3.05) is 0 Å². The third-order valence-corrected chi connectivity index (χ3v) is 2.54. The van der Waals surface area contributed by atoms with E-state index in [0.29, 0.717) is 0 Å². The fourth-order valence-corrected chi connectivity index (χ4v) is 1.84. The van der Waals surface area contributed by atoms with E-state index in [1.807, 2.05) is 54.0 Å². The number of hydrogen-bond donors (Lipinski definition) is 0. The minimum atomic E-state index is 0.909. The Morgan fingerprint density at radius 2 is 1.94 bits per heavy atom. The van der Waals surface area contributed by atoms with Crippen molar-refractivity contribution in [1.29, 1.82) is 0 Å². The van der Waals surface area contributed by atoms with Crippen LogP contribution in [0, 0.1) is 6.92 Å². The zero-order valence-electron chi connectivity index (χ0n) is 8.96. The first-order chi connectivity index (χ1) is 7.84. The number of rotatable bonds is 1. The van der Waals surface area contributed by atoms with Crippen LogP contribution in [-0.2, 0) is 0 Å². The number of aromatic nitrogens is 3. The molecular weight excluding hydrogens is 198 g/mol. The summed E-state index contributed by atoms with van der Waals surface area (Å²) >= 11 is 0. The molecule has 3 nitrogen and oxygen atoms in total. The minimum absolute atomic E-state index is 0.909. The molecule has 0 fully saturated rings. The van der Waals surface area contributed by atoms with Gasteiger partial charge in [0.25, 0.3) is 0 Å². The van der Waals surface area contributed by atoms with Crippen LogP contribution < -0.4 is 0 Å². The molecule has 3 heteroatoms. The number of hydrogen-bond acceptors (Lipinski definition) is 2. The number of fused-ring (bicyclic) bond motifs is 1. The molecule has 2 aromatic heterocycles. The van der Waals surface area contributed by atoms with E-state index in [-0.39, 0.29) is 0 Å². The summed E-state index contributed by atoms with van der Waals surface area (Å²) in [7, 11) is 0. The van der Waals surface area contributed by atoms with Crippen molar-refractivity contribution in [3.63, 3.8) is 0 Å². The van der Waals surface area contributed by atoms with E-state index < -0.39 is 0 Å². The lowest BCUT2D eigenvalue weighted by Gasteiger charge is -2.01. The molecule has 0 amide bonds. The molecule has 0 radical (unpaired) electrons. The molecular formula is C13H11N3. The maximum absolute atomic E-state index is 4.49. The highest BCUT2D eigenvalue weighted by Gasteiger charge is 2.06. The van der Waals surface area contributed by atoms with Gasteiger partial charge in [-0.3, -0.25) is 4.98 Å². The quantitative estimate of drug-likeness (QED) is 0.616. The van der Waals surface area contributed by atoms with Crippen molar-refractivity contribution in [3.05, 3.63) is 54.6 Å². The van der Waals surface area contributed by atoms with Crippen LogP contribution in [0.4, 0.5) is 0 Å². The van der Waals surface area contributed by atoms with Crippen LogP contribution in [0.3, 0.4) is 0 Å². The van der Waals surface area contributed by atoms with Gasteiger partial charge in [0.15, 0.2) is 5.65 Å². The summed E-state index contributed by atoms with van der Waals surface area (Å²) in [4.78, 5) is 8.90. The molecule has 0 atom stereocenters. The maximum Gasteiger partial charge on any atom is 0.163 e. The van der Waals surface area contributed by atoms with E-state index in [2.05, 4.69) is 9.97 Å². The third-order valence-electron chi connectivity index (χ3n) is 2.54. The van der Waals surface area contributed by atoms with Crippen LogP contribution in [0.1, 0.15) is 5.69 Å². The molecule has 1 aromatic carbocycles. The second-order valence-electron chi connectivity index (χ2n) is 3.76. The van der Waals surface area contributed by atoms with Crippen LogP contribution in [0.2, 0.25) is 0 Å². The van der Waals surface area contributed by atoms with E-state index in [1.54, 1.807) is 6.20 Å². The minimum Gasteiger partial charge on any atom is -0.303 e. The van der Waals surface area contributed by atoms with Gasteiger partial charge in [-0.2, -0.15) is 0 Å². The van der Waals surface area contributed by atoms with Gasteiger partial charge in [0, 0.05) is 24.2 Å². The Morgan fingerprint density at radius 3 is 2.75 bits per heavy atom. The van der Waals surface area contributed by atoms with Crippen molar-refractivity contribution in [1.82, 2.24) is 14.4 Å². The Hall–Kier alpha value is -2.16. The fourth-order valence-electron chi connectivity index (χ4n) is 1.84. The van der Waals surface area contributed by atoms with Crippen molar-refractivity contribution >= 4 is 5.65 Å². The predicted octanol–water partition coefficient (Wildman–Crippen LogP) is 2.70. The van der Waals surface area contributed by atoms with Gasteiger partial charge in [-0.15, -0.1) is 0 Å². The summed E-state index contributed by atoms with van der Waals surface area (Å²) in [6.45, 7) is 1.99. The SMILES string of the molecule is Cc1cn2ccnc(-c3ccccc3)c2n1. The van der Waals surface area contributed by atoms with Gasteiger partial charge < -0.3 is 4.40 Å². The molecule has 0 N–H and O–H groups in total. The second-order valence-corrected chi connectivity index (χ2v) is 3.76. The summed E-state index contributed by atoms with van der Waals surface area (Å²) in [5.41, 5.74) is 3.94. The molecule has 2 heterocycles. The highest BCUT2D eigenvalue weighted by molar-refractivity contribution is 5.73. The van der Waals surface area contributed by atoms with Crippen molar-refractivity contribution in [2.45, 2.75) is 6.92 Å². The number of benzene rings is 1. The number of imidazole rings is 1. The molecule has 0 aliphatic carbocycles. The predicted molar refractivity (Wildman–Crippen MR) is 63.2 cm³/mol. The normalized spacial score (nSPS) is 10.8. The maximum atomic E-state index is 4.49.